The number of halogens is 2. The molecule has 0 bridgehead atoms. The fourth-order valence-corrected chi connectivity index (χ4v) is 1.83. The summed E-state index contributed by atoms with van der Waals surface area (Å²) < 4.78 is 26.1. The maximum atomic E-state index is 13.4. The van der Waals surface area contributed by atoms with Crippen LogP contribution in [0, 0.1) is 11.6 Å². The Bertz CT molecular complexity index is 635. The number of hydrogen-bond donors (Lipinski definition) is 1. The largest absolute Gasteiger partial charge is 0.352 e. The van der Waals surface area contributed by atoms with E-state index in [0.717, 1.165) is 5.56 Å². The molecular formula is C17H15F2NO. The predicted molar refractivity (Wildman–Crippen MR) is 78.5 cm³/mol. The molecule has 0 unspecified atom stereocenters. The minimum Gasteiger partial charge on any atom is -0.352 e. The van der Waals surface area contributed by atoms with Crippen molar-refractivity contribution < 1.29 is 13.6 Å². The van der Waals surface area contributed by atoms with Crippen molar-refractivity contribution in [1.29, 1.82) is 0 Å². The van der Waals surface area contributed by atoms with Gasteiger partial charge < -0.3 is 5.32 Å². The second-order valence-electron chi connectivity index (χ2n) is 4.52. The Kier molecular flexibility index (Phi) is 5.21. The van der Waals surface area contributed by atoms with Crippen LogP contribution in [0.5, 0.6) is 0 Å². The average Bonchev–Trinajstić information content (AvgIpc) is 2.49. The second kappa shape index (κ2) is 7.33. The maximum Gasteiger partial charge on any atom is 0.244 e. The molecule has 4 heteroatoms. The van der Waals surface area contributed by atoms with Gasteiger partial charge in [0.05, 0.1) is 0 Å². The van der Waals surface area contributed by atoms with Gasteiger partial charge in [-0.05, 0) is 41.8 Å². The van der Waals surface area contributed by atoms with E-state index in [9.17, 15) is 13.6 Å². The summed E-state index contributed by atoms with van der Waals surface area (Å²) in [6.07, 6.45) is 3.40. The zero-order valence-corrected chi connectivity index (χ0v) is 11.4. The monoisotopic (exact) mass is 287 g/mol. The summed E-state index contributed by atoms with van der Waals surface area (Å²) in [7, 11) is 0. The Hall–Kier alpha value is -2.49. The average molecular weight is 287 g/mol. The first-order valence-corrected chi connectivity index (χ1v) is 6.60. The Morgan fingerprint density at radius 3 is 2.48 bits per heavy atom. The van der Waals surface area contributed by atoms with E-state index in [1.807, 2.05) is 0 Å². The predicted octanol–water partition coefficient (Wildman–Crippen LogP) is 3.34. The summed E-state index contributed by atoms with van der Waals surface area (Å²) >= 11 is 0. The molecule has 1 amide bonds. The van der Waals surface area contributed by atoms with Gasteiger partial charge in [0.2, 0.25) is 5.91 Å². The van der Waals surface area contributed by atoms with Crippen molar-refractivity contribution in [2.45, 2.75) is 6.42 Å². The molecule has 108 valence electrons. The minimum absolute atomic E-state index is 0.268. The third-order valence-electron chi connectivity index (χ3n) is 2.95. The van der Waals surface area contributed by atoms with Gasteiger partial charge in [0.15, 0.2) is 0 Å². The van der Waals surface area contributed by atoms with Crippen molar-refractivity contribution in [3.05, 3.63) is 77.4 Å². The van der Waals surface area contributed by atoms with Crippen molar-refractivity contribution in [2.24, 2.45) is 0 Å². The van der Waals surface area contributed by atoms with Crippen LogP contribution in [0.15, 0.2) is 54.6 Å². The van der Waals surface area contributed by atoms with Crippen molar-refractivity contribution in [2.75, 3.05) is 6.54 Å². The van der Waals surface area contributed by atoms with Crippen molar-refractivity contribution in [1.82, 2.24) is 5.32 Å². The third-order valence-corrected chi connectivity index (χ3v) is 2.95. The minimum atomic E-state index is -0.318. The van der Waals surface area contributed by atoms with E-state index in [4.69, 9.17) is 0 Å². The molecule has 1 N–H and O–H groups in total. The molecule has 2 rings (SSSR count). The van der Waals surface area contributed by atoms with Gasteiger partial charge in [0.1, 0.15) is 11.6 Å². The molecule has 0 aromatic heterocycles. The van der Waals surface area contributed by atoms with Gasteiger partial charge in [-0.15, -0.1) is 0 Å². The Morgan fingerprint density at radius 1 is 1.05 bits per heavy atom. The zero-order chi connectivity index (χ0) is 15.1. The smallest absolute Gasteiger partial charge is 0.244 e. The lowest BCUT2D eigenvalue weighted by Gasteiger charge is -2.03. The van der Waals surface area contributed by atoms with Crippen LogP contribution in [-0.2, 0) is 11.2 Å². The topological polar surface area (TPSA) is 29.1 Å². The van der Waals surface area contributed by atoms with Crippen LogP contribution in [0.3, 0.4) is 0 Å². The first-order chi connectivity index (χ1) is 10.1. The van der Waals surface area contributed by atoms with Gasteiger partial charge >= 0.3 is 0 Å². The molecule has 0 heterocycles. The molecular weight excluding hydrogens is 272 g/mol. The molecule has 0 aliphatic rings. The highest BCUT2D eigenvalue weighted by Crippen LogP contribution is 2.06. The van der Waals surface area contributed by atoms with Gasteiger partial charge in [-0.3, -0.25) is 4.79 Å². The van der Waals surface area contributed by atoms with E-state index in [1.165, 1.54) is 24.3 Å². The lowest BCUT2D eigenvalue weighted by molar-refractivity contribution is -0.116. The van der Waals surface area contributed by atoms with Crippen LogP contribution < -0.4 is 5.32 Å². The SMILES string of the molecule is O=C(/C=C/c1ccc(F)cc1)NCCc1ccccc1F. The standard InChI is InChI=1S/C17H15F2NO/c18-15-8-5-13(6-9-15)7-10-17(21)20-12-11-14-3-1-2-4-16(14)19/h1-10H,11-12H2,(H,20,21)/b10-7+. The summed E-state index contributed by atoms with van der Waals surface area (Å²) in [6, 6.07) is 12.3. The maximum absolute atomic E-state index is 13.4. The highest BCUT2D eigenvalue weighted by atomic mass is 19.1. The number of nitrogens with one attached hydrogen (secondary N) is 1. The Morgan fingerprint density at radius 2 is 1.76 bits per heavy atom. The fourth-order valence-electron chi connectivity index (χ4n) is 1.83. The molecule has 21 heavy (non-hydrogen) atoms. The Balaban J connectivity index is 1.80. The lowest BCUT2D eigenvalue weighted by atomic mass is 10.1. The van der Waals surface area contributed by atoms with Gasteiger partial charge in [0.25, 0.3) is 0 Å². The number of hydrogen-bond acceptors (Lipinski definition) is 1. The van der Waals surface area contributed by atoms with E-state index < -0.39 is 0 Å². The van der Waals surface area contributed by atoms with Crippen molar-refractivity contribution in [3.63, 3.8) is 0 Å². The molecule has 2 nitrogen and oxygen atoms in total. The third kappa shape index (κ3) is 4.84. The van der Waals surface area contributed by atoms with Gasteiger partial charge in [-0.25, -0.2) is 8.78 Å². The first kappa shape index (κ1) is 14.9. The molecule has 0 spiro atoms. The number of amides is 1. The fraction of sp³-hybridized carbons (Fsp3) is 0.118. The lowest BCUT2D eigenvalue weighted by Crippen LogP contribution is -2.23. The van der Waals surface area contributed by atoms with Crippen molar-refractivity contribution in [3.8, 4) is 0 Å². The van der Waals surface area contributed by atoms with E-state index in [1.54, 1.807) is 36.4 Å². The summed E-state index contributed by atoms with van der Waals surface area (Å²) in [5, 5.41) is 2.67. The Labute approximate surface area is 122 Å². The van der Waals surface area contributed by atoms with Gasteiger partial charge in [-0.1, -0.05) is 30.3 Å². The molecule has 2 aromatic rings. The van der Waals surface area contributed by atoms with Crippen LogP contribution in [0.2, 0.25) is 0 Å². The number of carbonyl (C=O) groups is 1. The van der Waals surface area contributed by atoms with Crippen LogP contribution in [0.1, 0.15) is 11.1 Å². The number of benzene rings is 2. The van der Waals surface area contributed by atoms with E-state index in [-0.39, 0.29) is 17.5 Å². The van der Waals surface area contributed by atoms with Crippen LogP contribution in [0.4, 0.5) is 8.78 Å². The highest BCUT2D eigenvalue weighted by Gasteiger charge is 2.01. The molecule has 0 aliphatic carbocycles. The molecule has 0 fully saturated rings. The summed E-state index contributed by atoms with van der Waals surface area (Å²) in [6.45, 7) is 0.355. The second-order valence-corrected chi connectivity index (χ2v) is 4.52. The summed E-state index contributed by atoms with van der Waals surface area (Å²) in [5.74, 6) is -0.856. The van der Waals surface area contributed by atoms with E-state index in [0.29, 0.717) is 18.5 Å². The molecule has 2 aromatic carbocycles. The van der Waals surface area contributed by atoms with Crippen LogP contribution in [-0.4, -0.2) is 12.5 Å². The number of carbonyl (C=O) groups excluding carboxylic acids is 1. The van der Waals surface area contributed by atoms with Crippen molar-refractivity contribution >= 4 is 12.0 Å². The molecule has 0 saturated heterocycles. The zero-order valence-electron chi connectivity index (χ0n) is 11.4. The van der Waals surface area contributed by atoms with E-state index >= 15 is 0 Å². The highest BCUT2D eigenvalue weighted by molar-refractivity contribution is 5.91. The quantitative estimate of drug-likeness (QED) is 0.840. The normalized spacial score (nSPS) is 10.8. The molecule has 0 aliphatic heterocycles. The van der Waals surface area contributed by atoms with E-state index in [2.05, 4.69) is 5.32 Å². The van der Waals surface area contributed by atoms with Crippen LogP contribution >= 0.6 is 0 Å². The number of rotatable bonds is 5. The first-order valence-electron chi connectivity index (χ1n) is 6.60. The van der Waals surface area contributed by atoms with Gasteiger partial charge in [-0.2, -0.15) is 0 Å². The van der Waals surface area contributed by atoms with Crippen LogP contribution in [0.25, 0.3) is 6.08 Å². The molecule has 0 radical (unpaired) electrons. The summed E-state index contributed by atoms with van der Waals surface area (Å²) in [5.41, 5.74) is 1.31. The molecule has 0 atom stereocenters. The summed E-state index contributed by atoms with van der Waals surface area (Å²) in [4.78, 5) is 11.6. The molecule has 0 saturated carbocycles. The van der Waals surface area contributed by atoms with Gasteiger partial charge in [0, 0.05) is 12.6 Å².